The van der Waals surface area contributed by atoms with E-state index in [4.69, 9.17) is 5.11 Å². The van der Waals surface area contributed by atoms with Crippen molar-refractivity contribution in [2.24, 2.45) is 5.41 Å². The van der Waals surface area contributed by atoms with Crippen LogP contribution in [0.4, 0.5) is 9.18 Å². The van der Waals surface area contributed by atoms with E-state index in [-0.39, 0.29) is 21.3 Å². The zero-order valence-electron chi connectivity index (χ0n) is 12.2. The van der Waals surface area contributed by atoms with E-state index in [1.54, 1.807) is 0 Å². The van der Waals surface area contributed by atoms with Gasteiger partial charge in [0.1, 0.15) is 0 Å². The van der Waals surface area contributed by atoms with Crippen molar-refractivity contribution >= 4 is 27.6 Å². The van der Waals surface area contributed by atoms with Crippen LogP contribution in [0.2, 0.25) is 0 Å². The van der Waals surface area contributed by atoms with Gasteiger partial charge in [-0.25, -0.2) is 9.18 Å². The van der Waals surface area contributed by atoms with E-state index in [9.17, 15) is 14.0 Å². The molecule has 116 valence electrons. The summed E-state index contributed by atoms with van der Waals surface area (Å²) in [6.45, 7) is 4.25. The third-order valence-electron chi connectivity index (χ3n) is 4.03. The second kappa shape index (κ2) is 5.05. The second-order valence-corrected chi connectivity index (χ2v) is 7.40. The molecule has 6 heteroatoms. The van der Waals surface area contributed by atoms with E-state index in [2.05, 4.69) is 18.6 Å². The maximum atomic E-state index is 14.5. The highest BCUT2D eigenvalue weighted by molar-refractivity contribution is 7.18. The largest absolute Gasteiger partial charge is 0.511 e. The molecule has 0 bridgehead atoms. The number of fused-ring (bicyclic) bond motifs is 2. The maximum Gasteiger partial charge on any atom is 0.511 e. The summed E-state index contributed by atoms with van der Waals surface area (Å²) in [6.07, 6.45) is 0.769. The molecule has 0 amide bonds. The number of hydrogen-bond donors (Lipinski definition) is 1. The second-order valence-electron chi connectivity index (χ2n) is 6.30. The fourth-order valence-electron chi connectivity index (χ4n) is 2.85. The topological polar surface area (TPSA) is 63.6 Å². The molecule has 4 nitrogen and oxygen atoms in total. The van der Waals surface area contributed by atoms with Gasteiger partial charge in [-0.15, -0.1) is 11.3 Å². The van der Waals surface area contributed by atoms with Gasteiger partial charge < -0.3 is 9.84 Å². The van der Waals surface area contributed by atoms with E-state index >= 15 is 0 Å². The van der Waals surface area contributed by atoms with Crippen LogP contribution in [-0.4, -0.2) is 11.3 Å². The van der Waals surface area contributed by atoms with Crippen LogP contribution in [-0.2, 0) is 12.8 Å². The summed E-state index contributed by atoms with van der Waals surface area (Å²) < 4.78 is 19.0. The first-order valence-electron chi connectivity index (χ1n) is 6.96. The Kier molecular flexibility index (Phi) is 3.44. The molecule has 0 aliphatic heterocycles. The predicted molar refractivity (Wildman–Crippen MR) is 82.5 cm³/mol. The van der Waals surface area contributed by atoms with E-state index in [1.165, 1.54) is 23.5 Å². The van der Waals surface area contributed by atoms with Gasteiger partial charge in [0.2, 0.25) is 0 Å². The zero-order valence-corrected chi connectivity index (χ0v) is 13.1. The van der Waals surface area contributed by atoms with Gasteiger partial charge in [0, 0.05) is 15.8 Å². The van der Waals surface area contributed by atoms with Crippen molar-refractivity contribution in [3.63, 3.8) is 0 Å². The Morgan fingerprint density at radius 3 is 2.82 bits per heavy atom. The maximum absolute atomic E-state index is 14.5. The van der Waals surface area contributed by atoms with Crippen LogP contribution in [0.1, 0.15) is 30.7 Å². The molecule has 1 N–H and O–H groups in total. The summed E-state index contributed by atoms with van der Waals surface area (Å²) in [5, 5.41) is 8.92. The van der Waals surface area contributed by atoms with Crippen molar-refractivity contribution in [1.29, 1.82) is 0 Å². The fourth-order valence-corrected chi connectivity index (χ4v) is 4.33. The molecule has 1 aliphatic rings. The number of rotatable bonds is 1. The molecule has 1 aliphatic carbocycles. The molecule has 0 spiro atoms. The highest BCUT2D eigenvalue weighted by Gasteiger charge is 2.29. The first kappa shape index (κ1) is 15.0. The minimum atomic E-state index is -1.58. The predicted octanol–water partition coefficient (Wildman–Crippen LogP) is 3.97. The van der Waals surface area contributed by atoms with Gasteiger partial charge in [-0.3, -0.25) is 4.79 Å². The Morgan fingerprint density at radius 1 is 1.41 bits per heavy atom. The first-order valence-corrected chi connectivity index (χ1v) is 7.78. The summed E-state index contributed by atoms with van der Waals surface area (Å²) in [4.78, 5) is 24.0. The van der Waals surface area contributed by atoms with E-state index in [0.717, 1.165) is 23.3 Å². The minimum Gasteiger partial charge on any atom is -0.449 e. The smallest absolute Gasteiger partial charge is 0.449 e. The number of hydrogen-bond acceptors (Lipinski definition) is 4. The lowest BCUT2D eigenvalue weighted by Crippen LogP contribution is -2.26. The lowest BCUT2D eigenvalue weighted by molar-refractivity contribution is 0.142. The number of benzene rings is 1. The third kappa shape index (κ3) is 2.47. The summed E-state index contributed by atoms with van der Waals surface area (Å²) >= 11 is 1.23. The number of carbonyl (C=O) groups is 1. The summed E-state index contributed by atoms with van der Waals surface area (Å²) in [5.41, 5.74) is 0.693. The van der Waals surface area contributed by atoms with E-state index in [1.807, 2.05) is 0 Å². The van der Waals surface area contributed by atoms with Crippen LogP contribution in [0, 0.1) is 11.2 Å². The highest BCUT2D eigenvalue weighted by atomic mass is 32.1. The van der Waals surface area contributed by atoms with Gasteiger partial charge in [0.05, 0.1) is 4.70 Å². The van der Waals surface area contributed by atoms with Crippen LogP contribution in [0.15, 0.2) is 16.9 Å². The standard InChI is InChI=1S/C16H15FO4S/c1-16(2)6-5-8-11(7-16)22-14-9(13(8)18)3-4-10(12(14)17)21-15(19)20/h3-4H,5-7H2,1-2H3,(H,19,20). The lowest BCUT2D eigenvalue weighted by Gasteiger charge is -2.30. The van der Waals surface area contributed by atoms with Gasteiger partial charge in [-0.1, -0.05) is 13.8 Å². The van der Waals surface area contributed by atoms with E-state index in [0.29, 0.717) is 11.8 Å². The van der Waals surface area contributed by atoms with Crippen molar-refractivity contribution in [2.45, 2.75) is 33.1 Å². The fraction of sp³-hybridized carbons (Fsp3) is 0.375. The van der Waals surface area contributed by atoms with Crippen LogP contribution in [0.25, 0.3) is 10.1 Å². The molecular formula is C16H15FO4S. The van der Waals surface area contributed by atoms with Crippen molar-refractivity contribution in [1.82, 2.24) is 0 Å². The molecule has 0 radical (unpaired) electrons. The summed E-state index contributed by atoms with van der Waals surface area (Å²) in [6, 6.07) is 2.63. The third-order valence-corrected chi connectivity index (χ3v) is 5.27. The Balaban J connectivity index is 2.24. The molecule has 2 aromatic rings. The number of halogens is 1. The van der Waals surface area contributed by atoms with Crippen LogP contribution >= 0.6 is 11.3 Å². The first-order chi connectivity index (χ1) is 10.3. The molecule has 0 saturated heterocycles. The summed E-state index contributed by atoms with van der Waals surface area (Å²) in [5.74, 6) is -1.15. The molecule has 0 atom stereocenters. The van der Waals surface area contributed by atoms with Gasteiger partial charge in [0.25, 0.3) is 0 Å². The summed E-state index contributed by atoms with van der Waals surface area (Å²) in [7, 11) is 0. The van der Waals surface area contributed by atoms with Crippen molar-refractivity contribution in [3.05, 3.63) is 38.6 Å². The molecule has 1 heterocycles. The SMILES string of the molecule is CC1(C)CCc2c(sc3c(F)c(OC(=O)O)ccc3c2=O)C1. The highest BCUT2D eigenvalue weighted by Crippen LogP contribution is 2.38. The number of ether oxygens (including phenoxy) is 1. The van der Waals surface area contributed by atoms with Crippen LogP contribution in [0.3, 0.4) is 0 Å². The molecule has 3 rings (SSSR count). The van der Waals surface area contributed by atoms with Crippen molar-refractivity contribution < 1.29 is 19.0 Å². The number of carboxylic acid groups (broad SMARTS) is 1. The lowest BCUT2D eigenvalue weighted by atomic mass is 9.77. The monoisotopic (exact) mass is 322 g/mol. The van der Waals surface area contributed by atoms with Crippen LogP contribution < -0.4 is 10.2 Å². The molecule has 0 fully saturated rings. The minimum absolute atomic E-state index is 0.0786. The Morgan fingerprint density at radius 2 is 2.14 bits per heavy atom. The average Bonchev–Trinajstić information content (AvgIpc) is 2.41. The quantitative estimate of drug-likeness (QED) is 0.637. The van der Waals surface area contributed by atoms with Crippen LogP contribution in [0.5, 0.6) is 5.75 Å². The zero-order chi connectivity index (χ0) is 16.1. The van der Waals surface area contributed by atoms with Gasteiger partial charge >= 0.3 is 6.16 Å². The molecule has 1 aromatic carbocycles. The van der Waals surface area contributed by atoms with Crippen molar-refractivity contribution in [3.8, 4) is 5.75 Å². The van der Waals surface area contributed by atoms with Gasteiger partial charge in [-0.2, -0.15) is 0 Å². The van der Waals surface area contributed by atoms with Gasteiger partial charge in [0.15, 0.2) is 17.0 Å². The molecule has 22 heavy (non-hydrogen) atoms. The molecule has 0 unspecified atom stereocenters. The Hall–Kier alpha value is -1.95. The molecular weight excluding hydrogens is 307 g/mol. The molecule has 0 saturated carbocycles. The van der Waals surface area contributed by atoms with E-state index < -0.39 is 12.0 Å². The molecule has 1 aromatic heterocycles. The average molecular weight is 322 g/mol. The normalized spacial score (nSPS) is 16.3. The Labute approximate surface area is 130 Å². The Bertz CT molecular complexity index is 838. The van der Waals surface area contributed by atoms with Gasteiger partial charge in [-0.05, 0) is 36.8 Å². The van der Waals surface area contributed by atoms with Crippen molar-refractivity contribution in [2.75, 3.05) is 0 Å².